The fraction of sp³-hybridized carbons (Fsp3) is 0.182. The highest BCUT2D eigenvalue weighted by Gasteiger charge is 2.25. The van der Waals surface area contributed by atoms with Crippen LogP contribution in [0.3, 0.4) is 0 Å². The van der Waals surface area contributed by atoms with Crippen molar-refractivity contribution in [3.05, 3.63) is 90.5 Å². The number of rotatable bonds is 7. The number of hydrogen-bond acceptors (Lipinski definition) is 7. The predicted molar refractivity (Wildman–Crippen MR) is 169 cm³/mol. The van der Waals surface area contributed by atoms with E-state index >= 15 is 0 Å². The van der Waals surface area contributed by atoms with Crippen LogP contribution in [0, 0.1) is 5.41 Å². The van der Waals surface area contributed by atoms with Gasteiger partial charge in [-0.1, -0.05) is 48.7 Å². The van der Waals surface area contributed by atoms with Crippen molar-refractivity contribution in [2.24, 2.45) is 0 Å². The molecule has 2 aliphatic heterocycles. The standard InChI is InChI=1S/C33H33N5OS/c1-2-22-17-23(3-7-28(22)35)25-5-9-30-32(19-25)40-33-20-26(24-4-8-29(36)27(18-24)21-34)6-10-31(33)38(30)12-11-37-13-15-39-16-14-37/h2-10,17-21,34H,1,11-16,35-36H2. The molecule has 0 saturated carbocycles. The van der Waals surface area contributed by atoms with E-state index in [2.05, 4.69) is 64.9 Å². The molecule has 4 aromatic carbocycles. The van der Waals surface area contributed by atoms with Gasteiger partial charge in [-0.25, -0.2) is 0 Å². The molecule has 0 spiro atoms. The lowest BCUT2D eigenvalue weighted by atomic mass is 10.0. The maximum Gasteiger partial charge on any atom is 0.0594 e. The topological polar surface area (TPSA) is 91.6 Å². The fourth-order valence-corrected chi connectivity index (χ4v) is 6.54. The number of nitrogens with one attached hydrogen (secondary N) is 1. The minimum atomic E-state index is 0.615. The average molecular weight is 548 g/mol. The van der Waals surface area contributed by atoms with E-state index in [1.54, 1.807) is 17.8 Å². The summed E-state index contributed by atoms with van der Waals surface area (Å²) in [6.07, 6.45) is 3.12. The molecule has 6 nitrogen and oxygen atoms in total. The molecule has 2 aliphatic rings. The molecule has 4 aromatic rings. The van der Waals surface area contributed by atoms with Crippen molar-refractivity contribution in [3.8, 4) is 22.3 Å². The van der Waals surface area contributed by atoms with Gasteiger partial charge in [-0.2, -0.15) is 0 Å². The fourth-order valence-electron chi connectivity index (χ4n) is 5.36. The van der Waals surface area contributed by atoms with Gasteiger partial charge in [-0.05, 0) is 76.3 Å². The summed E-state index contributed by atoms with van der Waals surface area (Å²) in [4.78, 5) is 7.36. The second-order valence-electron chi connectivity index (χ2n) is 10.1. The highest BCUT2D eigenvalue weighted by atomic mass is 32.2. The Labute approximate surface area is 239 Å². The molecule has 7 heteroatoms. The Morgan fingerprint density at radius 2 is 1.27 bits per heavy atom. The third kappa shape index (κ3) is 5.11. The minimum Gasteiger partial charge on any atom is -0.398 e. The van der Waals surface area contributed by atoms with Crippen LogP contribution in [-0.2, 0) is 4.74 Å². The lowest BCUT2D eigenvalue weighted by Crippen LogP contribution is -2.41. The monoisotopic (exact) mass is 547 g/mol. The van der Waals surface area contributed by atoms with Crippen LogP contribution in [0.5, 0.6) is 0 Å². The van der Waals surface area contributed by atoms with Crippen LogP contribution in [0.2, 0.25) is 0 Å². The molecule has 1 fully saturated rings. The Hall–Kier alpha value is -4.04. The first-order valence-electron chi connectivity index (χ1n) is 13.5. The molecule has 40 heavy (non-hydrogen) atoms. The SMILES string of the molecule is C=Cc1cc(-c2ccc3c(c2)Sc2cc(-c4ccc(N)c(C=N)c4)ccc2N3CCN2CCOCC2)ccc1N. The number of benzene rings is 4. The van der Waals surface area contributed by atoms with Gasteiger partial charge in [0, 0.05) is 59.1 Å². The molecule has 202 valence electrons. The van der Waals surface area contributed by atoms with Crippen LogP contribution in [0.25, 0.3) is 28.3 Å². The normalized spacial score (nSPS) is 14.8. The highest BCUT2D eigenvalue weighted by Crippen LogP contribution is 2.50. The first-order valence-corrected chi connectivity index (χ1v) is 14.3. The summed E-state index contributed by atoms with van der Waals surface area (Å²) in [6, 6.07) is 25.4. The van der Waals surface area contributed by atoms with E-state index in [1.807, 2.05) is 24.3 Å². The van der Waals surface area contributed by atoms with Crippen LogP contribution in [0.15, 0.2) is 89.2 Å². The zero-order chi connectivity index (χ0) is 27.6. The molecule has 6 rings (SSSR count). The van der Waals surface area contributed by atoms with Crippen LogP contribution >= 0.6 is 11.8 Å². The van der Waals surface area contributed by atoms with Gasteiger partial charge in [0.2, 0.25) is 0 Å². The van der Waals surface area contributed by atoms with E-state index in [0.29, 0.717) is 5.69 Å². The average Bonchev–Trinajstić information content (AvgIpc) is 2.99. The Morgan fingerprint density at radius 1 is 0.750 bits per heavy atom. The number of ether oxygens (including phenoxy) is 1. The van der Waals surface area contributed by atoms with Crippen LogP contribution < -0.4 is 16.4 Å². The molecule has 0 unspecified atom stereocenters. The van der Waals surface area contributed by atoms with Crippen LogP contribution in [0.1, 0.15) is 11.1 Å². The van der Waals surface area contributed by atoms with Crippen molar-refractivity contribution in [1.29, 1.82) is 5.41 Å². The van der Waals surface area contributed by atoms with Crippen molar-refractivity contribution in [2.45, 2.75) is 9.79 Å². The van der Waals surface area contributed by atoms with Crippen molar-refractivity contribution >= 4 is 46.8 Å². The van der Waals surface area contributed by atoms with Gasteiger partial charge in [-0.15, -0.1) is 0 Å². The summed E-state index contributed by atoms with van der Waals surface area (Å²) in [7, 11) is 0. The third-order valence-corrected chi connectivity index (χ3v) is 8.77. The minimum absolute atomic E-state index is 0.615. The van der Waals surface area contributed by atoms with Gasteiger partial charge in [0.15, 0.2) is 0 Å². The van der Waals surface area contributed by atoms with Gasteiger partial charge >= 0.3 is 0 Å². The summed E-state index contributed by atoms with van der Waals surface area (Å²) in [5.74, 6) is 0. The molecule has 0 bridgehead atoms. The largest absolute Gasteiger partial charge is 0.398 e. The zero-order valence-corrected chi connectivity index (χ0v) is 23.2. The molecular weight excluding hydrogens is 514 g/mol. The van der Waals surface area contributed by atoms with Crippen molar-refractivity contribution < 1.29 is 4.74 Å². The van der Waals surface area contributed by atoms with E-state index in [1.165, 1.54) is 27.4 Å². The van der Waals surface area contributed by atoms with E-state index in [4.69, 9.17) is 21.6 Å². The predicted octanol–water partition coefficient (Wildman–Crippen LogP) is 6.76. The van der Waals surface area contributed by atoms with Gasteiger partial charge in [0.25, 0.3) is 0 Å². The molecule has 0 atom stereocenters. The summed E-state index contributed by atoms with van der Waals surface area (Å²) < 4.78 is 5.57. The highest BCUT2D eigenvalue weighted by molar-refractivity contribution is 7.99. The smallest absolute Gasteiger partial charge is 0.0594 e. The van der Waals surface area contributed by atoms with Gasteiger partial charge in [-0.3, -0.25) is 4.90 Å². The van der Waals surface area contributed by atoms with Gasteiger partial charge < -0.3 is 26.5 Å². The third-order valence-electron chi connectivity index (χ3n) is 7.68. The summed E-state index contributed by atoms with van der Waals surface area (Å²) in [6.45, 7) is 9.30. The second kappa shape index (κ2) is 11.2. The van der Waals surface area contributed by atoms with Gasteiger partial charge in [0.05, 0.1) is 24.6 Å². The Balaban J connectivity index is 1.39. The summed E-state index contributed by atoms with van der Waals surface area (Å²) in [5, 5.41) is 7.72. The van der Waals surface area contributed by atoms with Crippen molar-refractivity contribution in [2.75, 3.05) is 55.8 Å². The maximum atomic E-state index is 7.72. The number of nitrogens with two attached hydrogens (primary N) is 2. The van der Waals surface area contributed by atoms with Gasteiger partial charge in [0.1, 0.15) is 0 Å². The molecule has 5 N–H and O–H groups in total. The van der Waals surface area contributed by atoms with Crippen molar-refractivity contribution in [1.82, 2.24) is 4.90 Å². The number of hydrogen-bond donors (Lipinski definition) is 3. The zero-order valence-electron chi connectivity index (χ0n) is 22.4. The van der Waals surface area contributed by atoms with E-state index in [-0.39, 0.29) is 0 Å². The Bertz CT molecular complexity index is 1490. The maximum absolute atomic E-state index is 7.72. The van der Waals surface area contributed by atoms with Crippen LogP contribution in [-0.4, -0.2) is 50.5 Å². The summed E-state index contributed by atoms with van der Waals surface area (Å²) in [5.41, 5.74) is 22.1. The quantitative estimate of drug-likeness (QED) is 0.175. The molecule has 2 heterocycles. The second-order valence-corrected chi connectivity index (χ2v) is 11.2. The summed E-state index contributed by atoms with van der Waals surface area (Å²) >= 11 is 1.80. The lowest BCUT2D eigenvalue weighted by molar-refractivity contribution is 0.0394. The Morgan fingerprint density at radius 3 is 1.85 bits per heavy atom. The molecule has 0 aliphatic carbocycles. The van der Waals surface area contributed by atoms with Crippen molar-refractivity contribution in [3.63, 3.8) is 0 Å². The number of anilines is 4. The van der Waals surface area contributed by atoms with E-state index in [0.717, 1.165) is 78.5 Å². The molecule has 1 saturated heterocycles. The number of fused-ring (bicyclic) bond motifs is 2. The molecular formula is C33H33N5OS. The van der Waals surface area contributed by atoms with Crippen LogP contribution in [0.4, 0.5) is 22.7 Å². The van der Waals surface area contributed by atoms with E-state index in [9.17, 15) is 0 Å². The first-order chi connectivity index (χ1) is 19.5. The number of nitrogen functional groups attached to an aromatic ring is 2. The first kappa shape index (κ1) is 26.2. The molecule has 0 aromatic heterocycles. The Kier molecular flexibility index (Phi) is 7.34. The lowest BCUT2D eigenvalue weighted by Gasteiger charge is -2.36. The molecule has 0 radical (unpaired) electrons. The number of morpholine rings is 1. The number of nitrogens with zero attached hydrogens (tertiary/aromatic N) is 2. The molecule has 0 amide bonds. The van der Waals surface area contributed by atoms with E-state index < -0.39 is 0 Å².